The van der Waals surface area contributed by atoms with Gasteiger partial charge in [0.25, 0.3) is 5.91 Å². The lowest BCUT2D eigenvalue weighted by molar-refractivity contribution is -0.141. The van der Waals surface area contributed by atoms with Crippen molar-refractivity contribution < 1.29 is 14.7 Å². The van der Waals surface area contributed by atoms with E-state index in [9.17, 15) is 9.59 Å². The molecular formula is C15H21NO3S. The maximum atomic E-state index is 12.4. The summed E-state index contributed by atoms with van der Waals surface area (Å²) in [5.74, 6) is -1.61. The molecule has 0 saturated heterocycles. The molecule has 1 amide bonds. The lowest BCUT2D eigenvalue weighted by Crippen LogP contribution is -2.34. The summed E-state index contributed by atoms with van der Waals surface area (Å²) in [6.45, 7) is 5.94. The van der Waals surface area contributed by atoms with Gasteiger partial charge in [0.05, 0.1) is 11.5 Å². The maximum absolute atomic E-state index is 12.4. The van der Waals surface area contributed by atoms with Gasteiger partial charge in [0, 0.05) is 23.7 Å². The van der Waals surface area contributed by atoms with E-state index < -0.39 is 11.9 Å². The van der Waals surface area contributed by atoms with Crippen molar-refractivity contribution in [2.24, 2.45) is 5.92 Å². The number of rotatable bonds is 6. The molecule has 0 aliphatic carbocycles. The minimum absolute atomic E-state index is 0.137. The van der Waals surface area contributed by atoms with E-state index in [0.29, 0.717) is 10.8 Å². The standard InChI is InChI=1S/C15H21NO3S/c1-10(2)20-13-8-6-5-7-12(13)14(17)16(4)9-11(3)15(18)19/h5-8,10-11H,9H2,1-4H3,(H,18,19). The van der Waals surface area contributed by atoms with Crippen LogP contribution in [0.25, 0.3) is 0 Å². The average molecular weight is 295 g/mol. The van der Waals surface area contributed by atoms with Gasteiger partial charge < -0.3 is 10.0 Å². The van der Waals surface area contributed by atoms with Crippen LogP contribution in [0, 0.1) is 5.92 Å². The van der Waals surface area contributed by atoms with Crippen LogP contribution in [0.5, 0.6) is 0 Å². The van der Waals surface area contributed by atoms with Crippen molar-refractivity contribution in [2.45, 2.75) is 30.9 Å². The number of carboxylic acids is 1. The van der Waals surface area contributed by atoms with E-state index in [0.717, 1.165) is 4.90 Å². The average Bonchev–Trinajstić information content (AvgIpc) is 2.37. The van der Waals surface area contributed by atoms with Crippen molar-refractivity contribution in [1.29, 1.82) is 0 Å². The number of aliphatic carboxylic acids is 1. The summed E-state index contributed by atoms with van der Waals surface area (Å²) in [5, 5.41) is 9.30. The van der Waals surface area contributed by atoms with E-state index in [4.69, 9.17) is 5.11 Å². The molecule has 20 heavy (non-hydrogen) atoms. The molecule has 0 bridgehead atoms. The number of thioether (sulfide) groups is 1. The number of carboxylic acid groups (broad SMARTS) is 1. The lowest BCUT2D eigenvalue weighted by Gasteiger charge is -2.21. The van der Waals surface area contributed by atoms with E-state index in [-0.39, 0.29) is 12.5 Å². The minimum Gasteiger partial charge on any atom is -0.481 e. The number of benzene rings is 1. The first kappa shape index (κ1) is 16.6. The normalized spacial score (nSPS) is 12.2. The summed E-state index contributed by atoms with van der Waals surface area (Å²) in [5.41, 5.74) is 0.631. The van der Waals surface area contributed by atoms with Crippen LogP contribution in [0.2, 0.25) is 0 Å². The largest absolute Gasteiger partial charge is 0.481 e. The fourth-order valence-corrected chi connectivity index (χ4v) is 2.72. The summed E-state index contributed by atoms with van der Waals surface area (Å²) >= 11 is 1.63. The summed E-state index contributed by atoms with van der Waals surface area (Å²) in [7, 11) is 1.64. The molecule has 1 atom stereocenters. The molecule has 0 aliphatic rings. The highest BCUT2D eigenvalue weighted by Gasteiger charge is 2.20. The molecule has 0 aromatic heterocycles. The van der Waals surface area contributed by atoms with Crippen LogP contribution in [0.15, 0.2) is 29.2 Å². The quantitative estimate of drug-likeness (QED) is 0.820. The van der Waals surface area contributed by atoms with Gasteiger partial charge in [-0.2, -0.15) is 0 Å². The predicted molar refractivity (Wildman–Crippen MR) is 81.2 cm³/mol. The Balaban J connectivity index is 2.88. The monoisotopic (exact) mass is 295 g/mol. The highest BCUT2D eigenvalue weighted by atomic mass is 32.2. The number of carbonyl (C=O) groups excluding carboxylic acids is 1. The third-order valence-electron chi connectivity index (χ3n) is 2.80. The zero-order chi connectivity index (χ0) is 15.3. The first-order chi connectivity index (χ1) is 9.32. The van der Waals surface area contributed by atoms with E-state index in [2.05, 4.69) is 13.8 Å². The second-order valence-electron chi connectivity index (χ2n) is 5.09. The van der Waals surface area contributed by atoms with E-state index in [1.54, 1.807) is 31.8 Å². The second kappa shape index (κ2) is 7.33. The van der Waals surface area contributed by atoms with Crippen LogP contribution in [0.4, 0.5) is 0 Å². The molecule has 5 heteroatoms. The Labute approximate surface area is 124 Å². The summed E-state index contributed by atoms with van der Waals surface area (Å²) in [4.78, 5) is 25.7. The zero-order valence-electron chi connectivity index (χ0n) is 12.3. The Kier molecular flexibility index (Phi) is 6.07. The van der Waals surface area contributed by atoms with Crippen LogP contribution in [-0.2, 0) is 4.79 Å². The molecule has 1 aromatic carbocycles. The highest BCUT2D eigenvalue weighted by Crippen LogP contribution is 2.27. The first-order valence-electron chi connectivity index (χ1n) is 6.57. The van der Waals surface area contributed by atoms with Gasteiger partial charge >= 0.3 is 5.97 Å². The van der Waals surface area contributed by atoms with Gasteiger partial charge in [-0.15, -0.1) is 11.8 Å². The van der Waals surface area contributed by atoms with Crippen molar-refractivity contribution in [3.63, 3.8) is 0 Å². The van der Waals surface area contributed by atoms with Gasteiger partial charge in [0.1, 0.15) is 0 Å². The van der Waals surface area contributed by atoms with Gasteiger partial charge in [-0.25, -0.2) is 0 Å². The SMILES string of the molecule is CC(C)Sc1ccccc1C(=O)N(C)CC(C)C(=O)O. The van der Waals surface area contributed by atoms with Crippen molar-refractivity contribution in [2.75, 3.05) is 13.6 Å². The molecule has 0 spiro atoms. The summed E-state index contributed by atoms with van der Waals surface area (Å²) in [6.07, 6.45) is 0. The second-order valence-corrected chi connectivity index (χ2v) is 6.71. The van der Waals surface area contributed by atoms with Gasteiger partial charge in [-0.05, 0) is 12.1 Å². The number of carbonyl (C=O) groups is 2. The van der Waals surface area contributed by atoms with E-state index in [1.165, 1.54) is 4.90 Å². The van der Waals surface area contributed by atoms with Crippen LogP contribution < -0.4 is 0 Å². The Hall–Kier alpha value is -1.49. The third kappa shape index (κ3) is 4.56. The molecule has 0 saturated carbocycles. The van der Waals surface area contributed by atoms with Gasteiger partial charge in [0.2, 0.25) is 0 Å². The number of hydrogen-bond donors (Lipinski definition) is 1. The Bertz CT molecular complexity index is 488. The van der Waals surface area contributed by atoms with Crippen molar-refractivity contribution >= 4 is 23.6 Å². The number of amides is 1. The summed E-state index contributed by atoms with van der Waals surface area (Å²) in [6, 6.07) is 7.44. The third-order valence-corrected chi connectivity index (χ3v) is 3.88. The molecule has 0 aliphatic heterocycles. The first-order valence-corrected chi connectivity index (χ1v) is 7.44. The molecule has 1 rings (SSSR count). The molecule has 110 valence electrons. The molecule has 1 aromatic rings. The Morgan fingerprint density at radius 2 is 1.85 bits per heavy atom. The van der Waals surface area contributed by atoms with E-state index in [1.807, 2.05) is 18.2 Å². The maximum Gasteiger partial charge on any atom is 0.308 e. The molecule has 0 heterocycles. The fraction of sp³-hybridized carbons (Fsp3) is 0.467. The highest BCUT2D eigenvalue weighted by molar-refractivity contribution is 8.00. The van der Waals surface area contributed by atoms with Crippen LogP contribution in [0.3, 0.4) is 0 Å². The molecular weight excluding hydrogens is 274 g/mol. The minimum atomic E-state index is -0.894. The van der Waals surface area contributed by atoms with Crippen molar-refractivity contribution in [3.05, 3.63) is 29.8 Å². The number of hydrogen-bond acceptors (Lipinski definition) is 3. The van der Waals surface area contributed by atoms with Gasteiger partial charge in [0.15, 0.2) is 0 Å². The summed E-state index contributed by atoms with van der Waals surface area (Å²) < 4.78 is 0. The van der Waals surface area contributed by atoms with Crippen LogP contribution in [0.1, 0.15) is 31.1 Å². The fourth-order valence-electron chi connectivity index (χ4n) is 1.78. The zero-order valence-corrected chi connectivity index (χ0v) is 13.1. The molecule has 1 N–H and O–H groups in total. The van der Waals surface area contributed by atoms with Crippen LogP contribution in [-0.4, -0.2) is 40.7 Å². The van der Waals surface area contributed by atoms with Gasteiger partial charge in [-0.3, -0.25) is 9.59 Å². The number of nitrogens with zero attached hydrogens (tertiary/aromatic N) is 1. The van der Waals surface area contributed by atoms with Gasteiger partial charge in [-0.1, -0.05) is 32.9 Å². The Morgan fingerprint density at radius 1 is 1.25 bits per heavy atom. The topological polar surface area (TPSA) is 57.6 Å². The van der Waals surface area contributed by atoms with Crippen molar-refractivity contribution in [1.82, 2.24) is 4.90 Å². The lowest BCUT2D eigenvalue weighted by atomic mass is 10.1. The van der Waals surface area contributed by atoms with Crippen LogP contribution >= 0.6 is 11.8 Å². The molecule has 4 nitrogen and oxygen atoms in total. The molecule has 0 fully saturated rings. The molecule has 0 radical (unpaired) electrons. The predicted octanol–water partition coefficient (Wildman–Crippen LogP) is 2.98. The Morgan fingerprint density at radius 3 is 2.40 bits per heavy atom. The van der Waals surface area contributed by atoms with E-state index >= 15 is 0 Å². The molecule has 1 unspecified atom stereocenters. The van der Waals surface area contributed by atoms with Crippen molar-refractivity contribution in [3.8, 4) is 0 Å². The smallest absolute Gasteiger partial charge is 0.308 e.